The van der Waals surface area contributed by atoms with Crippen LogP contribution in [0.25, 0.3) is 33.7 Å². The maximum Gasteiger partial charge on any atom is 0.193 e. The van der Waals surface area contributed by atoms with Crippen LogP contribution in [0, 0.1) is 11.8 Å². The number of fused-ring (bicyclic) bond motifs is 5. The van der Waals surface area contributed by atoms with Crippen LogP contribution in [0.2, 0.25) is 0 Å². The van der Waals surface area contributed by atoms with Gasteiger partial charge >= 0.3 is 0 Å². The Kier molecular flexibility index (Phi) is 7.10. The molecular formula is C29H37N3O3. The lowest BCUT2D eigenvalue weighted by Crippen LogP contribution is -2.22. The van der Waals surface area contributed by atoms with Crippen LogP contribution in [-0.4, -0.2) is 20.1 Å². The summed E-state index contributed by atoms with van der Waals surface area (Å²) in [7, 11) is 1.89. The van der Waals surface area contributed by atoms with Crippen LogP contribution in [0.4, 0.5) is 0 Å². The smallest absolute Gasteiger partial charge is 0.193 e. The fraction of sp³-hybridized carbons (Fsp3) is 0.414. The Balaban J connectivity index is 0.000000473. The number of rotatable bonds is 3. The topological polar surface area (TPSA) is 70.0 Å². The molecule has 186 valence electrons. The summed E-state index contributed by atoms with van der Waals surface area (Å²) in [5.41, 5.74) is 4.64. The van der Waals surface area contributed by atoms with Crippen molar-refractivity contribution >= 4 is 16.8 Å². The molecule has 6 nitrogen and oxygen atoms in total. The average molecular weight is 476 g/mol. The number of hydrogen-bond acceptors (Lipinski definition) is 4. The summed E-state index contributed by atoms with van der Waals surface area (Å²) in [4.78, 5) is 25.1. The van der Waals surface area contributed by atoms with Crippen molar-refractivity contribution in [1.82, 2.24) is 14.3 Å². The number of nitrogens with zero attached hydrogens (tertiary/aromatic N) is 3. The minimum atomic E-state index is -0.212. The van der Waals surface area contributed by atoms with Gasteiger partial charge in [0.25, 0.3) is 0 Å². The summed E-state index contributed by atoms with van der Waals surface area (Å²) in [6.45, 7) is 11.2. The van der Waals surface area contributed by atoms with Crippen molar-refractivity contribution in [3.8, 4) is 22.7 Å². The Morgan fingerprint density at radius 1 is 1.14 bits per heavy atom. The first kappa shape index (κ1) is 24.7. The molecule has 0 spiro atoms. The second-order valence-electron chi connectivity index (χ2n) is 9.75. The first-order valence-corrected chi connectivity index (χ1v) is 12.7. The molecule has 35 heavy (non-hydrogen) atoms. The van der Waals surface area contributed by atoms with Crippen LogP contribution in [0.1, 0.15) is 64.8 Å². The van der Waals surface area contributed by atoms with E-state index in [2.05, 4.69) is 38.0 Å². The fourth-order valence-corrected chi connectivity index (χ4v) is 4.27. The quantitative estimate of drug-likeness (QED) is 0.308. The zero-order chi connectivity index (χ0) is 25.3. The number of ketones is 1. The van der Waals surface area contributed by atoms with Gasteiger partial charge in [0.1, 0.15) is 5.58 Å². The van der Waals surface area contributed by atoms with Crippen molar-refractivity contribution < 1.29 is 10.6 Å². The zero-order valence-electron chi connectivity index (χ0n) is 21.6. The van der Waals surface area contributed by atoms with Crippen LogP contribution in [0.3, 0.4) is 0 Å². The zero-order valence-corrected chi connectivity index (χ0v) is 21.6. The summed E-state index contributed by atoms with van der Waals surface area (Å²) in [5, 5.41) is 5.53. The highest BCUT2D eigenvalue weighted by Gasteiger charge is 2.33. The average Bonchev–Trinajstić information content (AvgIpc) is 3.49. The van der Waals surface area contributed by atoms with Crippen molar-refractivity contribution in [1.29, 1.82) is 0 Å². The van der Waals surface area contributed by atoms with Crippen molar-refractivity contribution in [2.45, 2.75) is 60.4 Å². The maximum atomic E-state index is 12.6. The number of benzene rings is 1. The number of hydrogen-bond donors (Lipinski definition) is 0. The predicted molar refractivity (Wildman–Crippen MR) is 143 cm³/mol. The van der Waals surface area contributed by atoms with E-state index >= 15 is 0 Å². The Bertz CT molecular complexity index is 1420. The first-order chi connectivity index (χ1) is 16.8. The van der Waals surface area contributed by atoms with Gasteiger partial charge in [-0.1, -0.05) is 46.8 Å². The molecule has 1 aromatic carbocycles. The lowest BCUT2D eigenvalue weighted by Gasteiger charge is -2.19. The van der Waals surface area contributed by atoms with E-state index in [4.69, 9.17) is 4.42 Å². The number of furan rings is 1. The molecule has 6 heteroatoms. The molecule has 0 amide bonds. The SMILES string of the molecule is CC.CC(C)C.Cn1ccc(-c2ccc3c4c(oc3c2)-c2cc(=O)c(C(=O)C3CC3)cn2CC4)n1.[HH]. The van der Waals surface area contributed by atoms with Gasteiger partial charge in [-0.15, -0.1) is 0 Å². The van der Waals surface area contributed by atoms with Crippen molar-refractivity contribution in [2.75, 3.05) is 0 Å². The van der Waals surface area contributed by atoms with Crippen LogP contribution in [0.5, 0.6) is 0 Å². The van der Waals surface area contributed by atoms with Crippen LogP contribution in [-0.2, 0) is 20.0 Å². The van der Waals surface area contributed by atoms with Gasteiger partial charge in [-0.05, 0) is 37.3 Å². The number of carbonyl (C=O) groups is 1. The monoisotopic (exact) mass is 475 g/mol. The molecule has 1 fully saturated rings. The lowest BCUT2D eigenvalue weighted by atomic mass is 9.99. The van der Waals surface area contributed by atoms with Crippen LogP contribution < -0.4 is 5.43 Å². The number of aryl methyl sites for hydroxylation is 3. The first-order valence-electron chi connectivity index (χ1n) is 12.7. The van der Waals surface area contributed by atoms with Gasteiger partial charge in [0.2, 0.25) is 0 Å². The molecule has 0 bridgehead atoms. The lowest BCUT2D eigenvalue weighted by molar-refractivity contribution is 0.0966. The van der Waals surface area contributed by atoms with E-state index in [0.29, 0.717) is 5.56 Å². The molecule has 0 radical (unpaired) electrons. The van der Waals surface area contributed by atoms with Crippen molar-refractivity contribution in [3.05, 3.63) is 64.1 Å². The number of aromatic nitrogens is 3. The second kappa shape index (κ2) is 10.1. The minimum absolute atomic E-state index is 0. The third-order valence-electron chi connectivity index (χ3n) is 5.98. The molecule has 4 aromatic rings. The highest BCUT2D eigenvalue weighted by molar-refractivity contribution is 5.99. The normalized spacial score (nSPS) is 13.9. The van der Waals surface area contributed by atoms with Gasteiger partial charge in [0.15, 0.2) is 17.0 Å². The standard InChI is InChI=1S/C23H19N3O3.C4H10.C2H6.H2/c1-25-8-7-18(24-25)14-4-5-15-16-6-9-26-12-17(22(28)13-2-3-13)20(27)11-19(26)23(16)29-21(15)10-14;1-4(2)3;1-2;/h4-5,7-8,10-13H,2-3,6,9H2,1H3;4H,1-3H3;1-2H3;1H. The number of carbonyl (C=O) groups excluding carboxylic acids is 1. The van der Waals surface area contributed by atoms with E-state index in [1.807, 2.05) is 43.8 Å². The van der Waals surface area contributed by atoms with Gasteiger partial charge < -0.3 is 8.98 Å². The molecule has 0 unspecified atom stereocenters. The van der Waals surface area contributed by atoms with Crippen molar-refractivity contribution in [2.24, 2.45) is 18.9 Å². The highest BCUT2D eigenvalue weighted by Crippen LogP contribution is 2.39. The highest BCUT2D eigenvalue weighted by atomic mass is 16.3. The molecule has 6 rings (SSSR count). The van der Waals surface area contributed by atoms with E-state index in [1.54, 1.807) is 16.9 Å². The van der Waals surface area contributed by atoms with E-state index in [0.717, 1.165) is 71.0 Å². The molecule has 1 aliphatic carbocycles. The molecule has 3 aromatic heterocycles. The second-order valence-corrected chi connectivity index (χ2v) is 9.75. The molecule has 2 aliphatic rings. The summed E-state index contributed by atoms with van der Waals surface area (Å²) in [6, 6.07) is 9.66. The molecule has 1 aliphatic heterocycles. The van der Waals surface area contributed by atoms with E-state index in [-0.39, 0.29) is 18.6 Å². The molecule has 0 atom stereocenters. The summed E-state index contributed by atoms with van der Waals surface area (Å²) in [6.07, 6.45) is 6.24. The third-order valence-corrected chi connectivity index (χ3v) is 5.98. The summed E-state index contributed by atoms with van der Waals surface area (Å²) >= 11 is 0. The minimum Gasteiger partial charge on any atom is -0.454 e. The maximum absolute atomic E-state index is 12.6. The van der Waals surface area contributed by atoms with Gasteiger partial charge in [0, 0.05) is 55.9 Å². The fourth-order valence-electron chi connectivity index (χ4n) is 4.27. The van der Waals surface area contributed by atoms with Gasteiger partial charge in [-0.3, -0.25) is 14.3 Å². The van der Waals surface area contributed by atoms with E-state index < -0.39 is 0 Å². The van der Waals surface area contributed by atoms with E-state index in [1.165, 1.54) is 0 Å². The van der Waals surface area contributed by atoms with E-state index in [9.17, 15) is 9.59 Å². The number of pyridine rings is 1. The molecular weight excluding hydrogens is 438 g/mol. The summed E-state index contributed by atoms with van der Waals surface area (Å²) < 4.78 is 9.98. The summed E-state index contributed by atoms with van der Waals surface area (Å²) in [5.74, 6) is 1.59. The largest absolute Gasteiger partial charge is 0.454 e. The molecule has 0 N–H and O–H groups in total. The predicted octanol–water partition coefficient (Wildman–Crippen LogP) is 6.75. The Labute approximate surface area is 208 Å². The third kappa shape index (κ3) is 5.02. The molecule has 0 saturated heterocycles. The van der Waals surface area contributed by atoms with Gasteiger partial charge in [0.05, 0.1) is 17.0 Å². The number of Topliss-reactive ketones (excluding diaryl/α,β-unsaturated/α-hetero) is 1. The van der Waals surface area contributed by atoms with Gasteiger partial charge in [-0.25, -0.2) is 0 Å². The molecule has 1 saturated carbocycles. The Morgan fingerprint density at radius 2 is 1.86 bits per heavy atom. The Hall–Kier alpha value is -3.41. The van der Waals surface area contributed by atoms with Crippen molar-refractivity contribution in [3.63, 3.8) is 0 Å². The molecule has 4 heterocycles. The van der Waals surface area contributed by atoms with Gasteiger partial charge in [-0.2, -0.15) is 5.10 Å². The Morgan fingerprint density at radius 3 is 2.49 bits per heavy atom. The van der Waals surface area contributed by atoms with Crippen LogP contribution in [0.15, 0.2) is 51.9 Å². The van der Waals surface area contributed by atoms with Crippen LogP contribution >= 0.6 is 0 Å².